The van der Waals surface area contributed by atoms with E-state index >= 15 is 0 Å². The van der Waals surface area contributed by atoms with Crippen LogP contribution in [0.15, 0.2) is 0 Å². The van der Waals surface area contributed by atoms with Gasteiger partial charge in [-0.3, -0.25) is 4.79 Å². The molecule has 0 aliphatic carbocycles. The zero-order chi connectivity index (χ0) is 14.8. The highest BCUT2D eigenvalue weighted by Crippen LogP contribution is 2.34. The fourth-order valence-corrected chi connectivity index (χ4v) is 3.60. The Balaban J connectivity index is 2.34. The van der Waals surface area contributed by atoms with Gasteiger partial charge in [-0.2, -0.15) is 0 Å². The van der Waals surface area contributed by atoms with Crippen molar-refractivity contribution < 1.29 is 13.2 Å². The highest BCUT2D eigenvalue weighted by atomic mass is 32.2. The van der Waals surface area contributed by atoms with Crippen molar-refractivity contribution in [1.29, 1.82) is 0 Å². The lowest BCUT2D eigenvalue weighted by Gasteiger charge is -2.43. The van der Waals surface area contributed by atoms with Crippen LogP contribution in [0.1, 0.15) is 47.5 Å². The third-order valence-electron chi connectivity index (χ3n) is 3.66. The van der Waals surface area contributed by atoms with Crippen LogP contribution in [0.4, 0.5) is 0 Å². The molecule has 1 saturated heterocycles. The van der Waals surface area contributed by atoms with E-state index in [0.29, 0.717) is 18.5 Å². The molecule has 0 aromatic carbocycles. The van der Waals surface area contributed by atoms with Crippen molar-refractivity contribution >= 4 is 15.9 Å². The largest absolute Gasteiger partial charge is 0.312 e. The minimum Gasteiger partial charge on any atom is -0.312 e. The second-order valence-electron chi connectivity index (χ2n) is 6.22. The standard InChI is InChI=1S/C13H26N2O3S/c1-10(2)6-7-11(3)14-8-9-15-12(16)13(4,5)19(15,17)18/h10-11,14H,6-9H2,1-5H3. The van der Waals surface area contributed by atoms with E-state index in [0.717, 1.165) is 17.1 Å². The number of carbonyl (C=O) groups excluding carboxylic acids is 1. The first-order valence-electron chi connectivity index (χ1n) is 6.90. The fourth-order valence-electron chi connectivity index (χ4n) is 2.08. The van der Waals surface area contributed by atoms with E-state index in [-0.39, 0.29) is 12.5 Å². The normalized spacial score (nSPS) is 22.4. The first kappa shape index (κ1) is 16.4. The fraction of sp³-hybridized carbons (Fsp3) is 0.923. The maximum absolute atomic E-state index is 11.8. The molecule has 1 heterocycles. The Hall–Kier alpha value is -0.620. The summed E-state index contributed by atoms with van der Waals surface area (Å²) >= 11 is 0. The van der Waals surface area contributed by atoms with Gasteiger partial charge in [-0.25, -0.2) is 12.7 Å². The molecule has 6 heteroatoms. The number of carbonyl (C=O) groups is 1. The van der Waals surface area contributed by atoms with Gasteiger partial charge < -0.3 is 5.32 Å². The summed E-state index contributed by atoms with van der Waals surface area (Å²) in [6, 6.07) is 0.342. The quantitative estimate of drug-likeness (QED) is 0.768. The molecule has 1 aliphatic rings. The van der Waals surface area contributed by atoms with Gasteiger partial charge in [0.25, 0.3) is 15.9 Å². The minimum absolute atomic E-state index is 0.233. The summed E-state index contributed by atoms with van der Waals surface area (Å²) in [7, 11) is -3.43. The first-order chi connectivity index (χ1) is 8.60. The summed E-state index contributed by atoms with van der Waals surface area (Å²) in [6.07, 6.45) is 2.20. The van der Waals surface area contributed by atoms with E-state index in [2.05, 4.69) is 26.1 Å². The number of sulfonamides is 1. The van der Waals surface area contributed by atoms with Crippen molar-refractivity contribution in [3.63, 3.8) is 0 Å². The lowest BCUT2D eigenvalue weighted by Crippen LogP contribution is -2.68. The molecular formula is C13H26N2O3S. The predicted molar refractivity (Wildman–Crippen MR) is 76.2 cm³/mol. The Kier molecular flexibility index (Phi) is 5.01. The van der Waals surface area contributed by atoms with Crippen molar-refractivity contribution in [2.45, 2.75) is 58.2 Å². The van der Waals surface area contributed by atoms with Gasteiger partial charge in [-0.05, 0) is 39.5 Å². The van der Waals surface area contributed by atoms with Gasteiger partial charge >= 0.3 is 0 Å². The third-order valence-corrected chi connectivity index (χ3v) is 6.05. The lowest BCUT2D eigenvalue weighted by atomic mass is 10.0. The number of rotatable bonds is 7. The summed E-state index contributed by atoms with van der Waals surface area (Å²) in [4.78, 5) is 11.7. The molecule has 1 unspecified atom stereocenters. The Morgan fingerprint density at radius 3 is 2.26 bits per heavy atom. The average molecular weight is 290 g/mol. The molecule has 0 bridgehead atoms. The van der Waals surface area contributed by atoms with Crippen molar-refractivity contribution in [1.82, 2.24) is 9.62 Å². The van der Waals surface area contributed by atoms with Crippen molar-refractivity contribution in [3.05, 3.63) is 0 Å². The topological polar surface area (TPSA) is 66.5 Å². The molecule has 0 aromatic heterocycles. The molecule has 0 aromatic rings. The molecule has 1 fully saturated rings. The van der Waals surface area contributed by atoms with Crippen LogP contribution in [0.3, 0.4) is 0 Å². The van der Waals surface area contributed by atoms with Crippen LogP contribution in [0, 0.1) is 5.92 Å². The zero-order valence-corrected chi connectivity index (χ0v) is 13.4. The summed E-state index contributed by atoms with van der Waals surface area (Å²) in [6.45, 7) is 10.1. The highest BCUT2D eigenvalue weighted by molar-refractivity contribution is 7.94. The Morgan fingerprint density at radius 2 is 1.79 bits per heavy atom. The van der Waals surface area contributed by atoms with E-state index in [9.17, 15) is 13.2 Å². The molecule has 5 nitrogen and oxygen atoms in total. The summed E-state index contributed by atoms with van der Waals surface area (Å²) in [5.41, 5.74) is 0. The van der Waals surface area contributed by atoms with Crippen LogP contribution >= 0.6 is 0 Å². The average Bonchev–Trinajstić information content (AvgIpc) is 2.30. The van der Waals surface area contributed by atoms with Crippen LogP contribution in [0.2, 0.25) is 0 Å². The van der Waals surface area contributed by atoms with E-state index < -0.39 is 14.8 Å². The first-order valence-corrected chi connectivity index (χ1v) is 8.34. The zero-order valence-electron chi connectivity index (χ0n) is 12.6. The number of hydrogen-bond donors (Lipinski definition) is 1. The van der Waals surface area contributed by atoms with E-state index in [4.69, 9.17) is 0 Å². The monoisotopic (exact) mass is 290 g/mol. The van der Waals surface area contributed by atoms with Gasteiger partial charge in [0.2, 0.25) is 0 Å². The van der Waals surface area contributed by atoms with Gasteiger partial charge in [-0.1, -0.05) is 13.8 Å². The van der Waals surface area contributed by atoms with Crippen LogP contribution < -0.4 is 5.32 Å². The second-order valence-corrected chi connectivity index (χ2v) is 8.63. The van der Waals surface area contributed by atoms with Crippen LogP contribution in [-0.4, -0.2) is 42.5 Å². The summed E-state index contributed by atoms with van der Waals surface area (Å²) < 4.78 is 23.4. The van der Waals surface area contributed by atoms with Crippen LogP contribution in [0.5, 0.6) is 0 Å². The number of nitrogens with one attached hydrogen (secondary N) is 1. The number of amides is 1. The van der Waals surface area contributed by atoms with Crippen LogP contribution in [0.25, 0.3) is 0 Å². The van der Waals surface area contributed by atoms with Gasteiger partial charge in [-0.15, -0.1) is 0 Å². The van der Waals surface area contributed by atoms with Gasteiger partial charge in [0.05, 0.1) is 0 Å². The summed E-state index contributed by atoms with van der Waals surface area (Å²) in [5, 5.41) is 3.26. The van der Waals surface area contributed by atoms with Gasteiger partial charge in [0.1, 0.15) is 0 Å². The molecule has 1 atom stereocenters. The lowest BCUT2D eigenvalue weighted by molar-refractivity contribution is -0.132. The second kappa shape index (κ2) is 5.79. The van der Waals surface area contributed by atoms with Crippen LogP contribution in [-0.2, 0) is 14.8 Å². The molecule has 1 aliphatic heterocycles. The molecule has 1 N–H and O–H groups in total. The highest BCUT2D eigenvalue weighted by Gasteiger charge is 2.59. The Morgan fingerprint density at radius 1 is 1.21 bits per heavy atom. The number of hydrogen-bond acceptors (Lipinski definition) is 4. The van der Waals surface area contributed by atoms with Crippen molar-refractivity contribution in [2.24, 2.45) is 5.92 Å². The van der Waals surface area contributed by atoms with Crippen molar-refractivity contribution in [2.75, 3.05) is 13.1 Å². The summed E-state index contributed by atoms with van der Waals surface area (Å²) in [5.74, 6) is 0.367. The van der Waals surface area contributed by atoms with Crippen molar-refractivity contribution in [3.8, 4) is 0 Å². The third kappa shape index (κ3) is 3.28. The van der Waals surface area contributed by atoms with E-state index in [1.165, 1.54) is 13.8 Å². The molecule has 1 rings (SSSR count). The minimum atomic E-state index is -3.43. The molecule has 0 saturated carbocycles. The molecule has 0 radical (unpaired) electrons. The molecule has 19 heavy (non-hydrogen) atoms. The molecule has 1 amide bonds. The Bertz CT molecular complexity index is 429. The van der Waals surface area contributed by atoms with Gasteiger partial charge in [0, 0.05) is 19.1 Å². The predicted octanol–water partition coefficient (Wildman–Crippen LogP) is 1.35. The maximum Gasteiger partial charge on any atom is 0.258 e. The maximum atomic E-state index is 11.8. The van der Waals surface area contributed by atoms with E-state index in [1.807, 2.05) is 0 Å². The van der Waals surface area contributed by atoms with E-state index in [1.54, 1.807) is 0 Å². The smallest absolute Gasteiger partial charge is 0.258 e. The molecule has 112 valence electrons. The SMILES string of the molecule is CC(C)CCC(C)NCCN1C(=O)C(C)(C)S1(=O)=O. The molecule has 0 spiro atoms. The molecular weight excluding hydrogens is 264 g/mol. The van der Waals surface area contributed by atoms with Gasteiger partial charge in [0.15, 0.2) is 4.75 Å². The Labute approximate surface area is 116 Å². The number of nitrogens with zero attached hydrogens (tertiary/aromatic N) is 1.